The van der Waals surface area contributed by atoms with Crippen molar-refractivity contribution in [3.05, 3.63) is 83.6 Å². The molecule has 3 amide bonds. The van der Waals surface area contributed by atoms with E-state index in [-0.39, 0.29) is 11.8 Å². The van der Waals surface area contributed by atoms with Gasteiger partial charge in [-0.15, -0.1) is 0 Å². The number of ether oxygens (including phenoxy) is 2. The number of H-pyrrole nitrogens is 1. The van der Waals surface area contributed by atoms with Crippen molar-refractivity contribution in [2.45, 2.75) is 31.3 Å². The number of fused-ring (bicyclic) bond motifs is 6. The average molecular weight is 549 g/mol. The zero-order chi connectivity index (χ0) is 27.9. The molecule has 4 aliphatic heterocycles. The van der Waals surface area contributed by atoms with Gasteiger partial charge in [-0.1, -0.05) is 37.3 Å². The fraction of sp³-hybridized carbons (Fsp3) is 0.281. The van der Waals surface area contributed by atoms with Gasteiger partial charge >= 0.3 is 0 Å². The van der Waals surface area contributed by atoms with Gasteiger partial charge in [-0.2, -0.15) is 0 Å². The fourth-order valence-corrected chi connectivity index (χ4v) is 7.21. The molecule has 0 saturated carbocycles. The van der Waals surface area contributed by atoms with Crippen LogP contribution in [0.15, 0.2) is 66.9 Å². The molecule has 4 atom stereocenters. The summed E-state index contributed by atoms with van der Waals surface area (Å²) < 4.78 is 11.4. The first-order valence-electron chi connectivity index (χ1n) is 14.0. The first-order chi connectivity index (χ1) is 20.0. The van der Waals surface area contributed by atoms with Crippen LogP contribution < -0.4 is 25.0 Å². The van der Waals surface area contributed by atoms with Crippen LogP contribution in [-0.2, 0) is 32.8 Å². The first-order valence-corrected chi connectivity index (χ1v) is 14.0. The van der Waals surface area contributed by atoms with Crippen LogP contribution in [0.25, 0.3) is 10.9 Å². The smallest absolute Gasteiger partial charge is 0.250 e. The van der Waals surface area contributed by atoms with E-state index in [9.17, 15) is 14.4 Å². The molecule has 1 spiro atoms. The highest BCUT2D eigenvalue weighted by Gasteiger charge is 2.70. The molecule has 0 radical (unpaired) electrons. The Balaban J connectivity index is 1.27. The topological polar surface area (TPSA) is 113 Å². The van der Waals surface area contributed by atoms with E-state index < -0.39 is 29.3 Å². The molecule has 4 aromatic rings. The van der Waals surface area contributed by atoms with Crippen LogP contribution in [0.2, 0.25) is 0 Å². The summed E-state index contributed by atoms with van der Waals surface area (Å²) in [5.41, 5.74) is 3.52. The second-order valence-corrected chi connectivity index (χ2v) is 11.2. The quantitative estimate of drug-likeness (QED) is 0.336. The van der Waals surface area contributed by atoms with Gasteiger partial charge in [0.15, 0.2) is 11.5 Å². The number of benzene rings is 3. The van der Waals surface area contributed by atoms with Crippen LogP contribution in [0.4, 0.5) is 11.4 Å². The standard InChI is InChI=1S/C32H28N4O5/c1-2-17-7-9-23-21(13-17)32(31(39)34-23)28-27(24(35-32)14-18-16-33-22-6-4-3-5-20(18)22)29(37)36(30(28)38)19-8-10-25-26(15-19)41-12-11-40-25/h3-10,13,15-16,24,27-28,33,35H,2,11-12,14H2,1H3,(H,34,39)/t24-,27+,28-,32+/m0/s1. The normalized spacial score (nSPS) is 26.1. The lowest BCUT2D eigenvalue weighted by Gasteiger charge is -2.30. The molecule has 8 rings (SSSR count). The third-order valence-corrected chi connectivity index (χ3v) is 9.09. The molecule has 4 aliphatic rings. The van der Waals surface area contributed by atoms with E-state index in [2.05, 4.69) is 22.5 Å². The predicted molar refractivity (Wildman–Crippen MR) is 152 cm³/mol. The Morgan fingerprint density at radius 3 is 2.63 bits per heavy atom. The molecule has 206 valence electrons. The predicted octanol–water partition coefficient (Wildman–Crippen LogP) is 3.67. The molecular formula is C32H28N4O5. The van der Waals surface area contributed by atoms with Crippen molar-refractivity contribution in [1.29, 1.82) is 0 Å². The monoisotopic (exact) mass is 548 g/mol. The average Bonchev–Trinajstić information content (AvgIpc) is 3.71. The lowest BCUT2D eigenvalue weighted by molar-refractivity contribution is -0.130. The summed E-state index contributed by atoms with van der Waals surface area (Å²) in [4.78, 5) is 47.2. The summed E-state index contributed by atoms with van der Waals surface area (Å²) in [6, 6.07) is 18.5. The number of carbonyl (C=O) groups is 3. The van der Waals surface area contributed by atoms with Gasteiger partial charge in [0, 0.05) is 40.5 Å². The van der Waals surface area contributed by atoms with Crippen molar-refractivity contribution < 1.29 is 23.9 Å². The van der Waals surface area contributed by atoms with Crippen LogP contribution in [0.1, 0.15) is 23.6 Å². The highest BCUT2D eigenvalue weighted by molar-refractivity contribution is 6.26. The van der Waals surface area contributed by atoms with Gasteiger partial charge in [0.05, 0.1) is 17.5 Å². The number of hydrogen-bond acceptors (Lipinski definition) is 6. The Hall–Kier alpha value is -4.63. The zero-order valence-corrected chi connectivity index (χ0v) is 22.4. The first kappa shape index (κ1) is 24.2. The Kier molecular flexibility index (Phi) is 5.12. The summed E-state index contributed by atoms with van der Waals surface area (Å²) in [6.07, 6.45) is 3.20. The van der Waals surface area contributed by atoms with Crippen LogP contribution in [0, 0.1) is 11.8 Å². The van der Waals surface area contributed by atoms with E-state index >= 15 is 0 Å². The van der Waals surface area contributed by atoms with E-state index in [1.165, 1.54) is 4.90 Å². The minimum Gasteiger partial charge on any atom is -0.486 e. The van der Waals surface area contributed by atoms with Gasteiger partial charge in [-0.25, -0.2) is 4.90 Å². The van der Waals surface area contributed by atoms with Gasteiger partial charge in [-0.05, 0) is 48.2 Å². The summed E-state index contributed by atoms with van der Waals surface area (Å²) >= 11 is 0. The molecule has 3 N–H and O–H groups in total. The van der Waals surface area contributed by atoms with Crippen LogP contribution in [-0.4, -0.2) is 42.0 Å². The van der Waals surface area contributed by atoms with Gasteiger partial charge in [0.25, 0.3) is 0 Å². The van der Waals surface area contributed by atoms with E-state index in [0.29, 0.717) is 42.5 Å². The highest BCUT2D eigenvalue weighted by atomic mass is 16.6. The number of aryl methyl sites for hydroxylation is 1. The molecule has 2 fully saturated rings. The number of nitrogens with one attached hydrogen (secondary N) is 3. The van der Waals surface area contributed by atoms with Gasteiger partial charge in [-0.3, -0.25) is 19.7 Å². The molecule has 0 unspecified atom stereocenters. The molecule has 3 aromatic carbocycles. The van der Waals surface area contributed by atoms with Crippen molar-refractivity contribution in [2.75, 3.05) is 23.4 Å². The third kappa shape index (κ3) is 3.29. The van der Waals surface area contributed by atoms with Crippen molar-refractivity contribution in [3.63, 3.8) is 0 Å². The maximum Gasteiger partial charge on any atom is 0.250 e. The van der Waals surface area contributed by atoms with E-state index in [1.54, 1.807) is 18.2 Å². The minimum absolute atomic E-state index is 0.303. The molecule has 0 bridgehead atoms. The molecule has 9 heteroatoms. The summed E-state index contributed by atoms with van der Waals surface area (Å²) in [5, 5.41) is 7.63. The fourth-order valence-electron chi connectivity index (χ4n) is 7.21. The van der Waals surface area contributed by atoms with Crippen molar-refractivity contribution >= 4 is 40.0 Å². The number of carbonyl (C=O) groups excluding carboxylic acids is 3. The lowest BCUT2D eigenvalue weighted by Crippen LogP contribution is -2.53. The number of imide groups is 1. The molecule has 2 saturated heterocycles. The number of para-hydroxylation sites is 1. The van der Waals surface area contributed by atoms with Gasteiger partial charge in [0.1, 0.15) is 18.8 Å². The summed E-state index contributed by atoms with van der Waals surface area (Å²) in [7, 11) is 0. The molecule has 5 heterocycles. The number of nitrogens with zero attached hydrogens (tertiary/aromatic N) is 1. The Labute approximate surface area is 235 Å². The van der Waals surface area contributed by atoms with Crippen molar-refractivity contribution in [2.24, 2.45) is 11.8 Å². The van der Waals surface area contributed by atoms with Crippen LogP contribution in [0.3, 0.4) is 0 Å². The van der Waals surface area contributed by atoms with E-state index in [1.807, 2.05) is 48.7 Å². The zero-order valence-electron chi connectivity index (χ0n) is 22.4. The summed E-state index contributed by atoms with van der Waals surface area (Å²) in [5.74, 6) is -1.60. The maximum absolute atomic E-state index is 14.4. The second-order valence-electron chi connectivity index (χ2n) is 11.2. The maximum atomic E-state index is 14.4. The van der Waals surface area contributed by atoms with Crippen LogP contribution in [0.5, 0.6) is 11.5 Å². The molecule has 1 aromatic heterocycles. The Morgan fingerprint density at radius 1 is 0.951 bits per heavy atom. The van der Waals surface area contributed by atoms with E-state index in [4.69, 9.17) is 9.47 Å². The van der Waals surface area contributed by atoms with Gasteiger partial charge in [0.2, 0.25) is 17.7 Å². The summed E-state index contributed by atoms with van der Waals surface area (Å²) in [6.45, 7) is 2.88. The largest absolute Gasteiger partial charge is 0.486 e. The number of amides is 3. The number of hydrogen-bond donors (Lipinski definition) is 3. The SMILES string of the molecule is CCc1ccc2c(c1)[C@]1(N[C@@H](Cc3c[nH]c4ccccc34)[C@H]3C(=O)N(c4ccc5c(c4)OCCO5)C(=O)[C@H]31)C(=O)N2. The number of rotatable bonds is 4. The van der Waals surface area contributed by atoms with Crippen molar-refractivity contribution in [3.8, 4) is 11.5 Å². The number of aromatic nitrogens is 1. The molecule has 41 heavy (non-hydrogen) atoms. The van der Waals surface area contributed by atoms with Crippen molar-refractivity contribution in [1.82, 2.24) is 10.3 Å². The van der Waals surface area contributed by atoms with Gasteiger partial charge < -0.3 is 19.8 Å². The third-order valence-electron chi connectivity index (χ3n) is 9.09. The number of anilines is 2. The van der Waals surface area contributed by atoms with E-state index in [0.717, 1.165) is 34.0 Å². The molecular weight excluding hydrogens is 520 g/mol. The minimum atomic E-state index is -1.36. The van der Waals surface area contributed by atoms with Crippen LogP contribution >= 0.6 is 0 Å². The Morgan fingerprint density at radius 2 is 1.78 bits per heavy atom. The number of aromatic amines is 1. The Bertz CT molecular complexity index is 1780. The molecule has 9 nitrogen and oxygen atoms in total. The highest BCUT2D eigenvalue weighted by Crippen LogP contribution is 2.54. The second kappa shape index (κ2) is 8.68. The molecule has 0 aliphatic carbocycles. The lowest BCUT2D eigenvalue weighted by atomic mass is 9.76.